The van der Waals surface area contributed by atoms with Gasteiger partial charge < -0.3 is 30.2 Å². The lowest BCUT2D eigenvalue weighted by molar-refractivity contribution is -0.149. The Morgan fingerprint density at radius 1 is 1.34 bits per heavy atom. The second kappa shape index (κ2) is 12.1. The van der Waals surface area contributed by atoms with Gasteiger partial charge in [0, 0.05) is 7.05 Å². The highest BCUT2D eigenvalue weighted by atomic mass is 31.2. The van der Waals surface area contributed by atoms with E-state index in [-0.39, 0.29) is 22.9 Å². The molecule has 16 heteroatoms. The molecule has 0 spiro atoms. The molecule has 0 amide bonds. The van der Waals surface area contributed by atoms with Gasteiger partial charge >= 0.3 is 13.7 Å². The zero-order valence-electron chi connectivity index (χ0n) is 22.9. The standard InChI is InChI=1S/C25H33FN7O7P/c1-6-25(26)19(34)17(39-23(25)33-13-29-18-20(28-5)30-24(27)31-21(18)33)12-37-41(36,40-16-10-8-7-9-11-16)32-15(4)22(35)38-14(2)3/h6-11,13-15,17,19,23,34H,1,12H2,2-5H3,(H,32,36)(H3,27,28,30,31)/t15?,17-,19-,23-,25-,41?/m1/s1. The Labute approximate surface area is 235 Å². The number of anilines is 2. The Hall–Kier alpha value is -3.62. The number of rotatable bonds is 12. The number of alkyl halides is 1. The Bertz CT molecular complexity index is 1440. The number of fused-ring (bicyclic) bond motifs is 1. The fourth-order valence-electron chi connectivity index (χ4n) is 4.19. The number of nitrogens with one attached hydrogen (secondary N) is 2. The van der Waals surface area contributed by atoms with Crippen molar-refractivity contribution in [3.05, 3.63) is 49.3 Å². The molecular weight excluding hydrogens is 560 g/mol. The predicted molar refractivity (Wildman–Crippen MR) is 148 cm³/mol. The van der Waals surface area contributed by atoms with Gasteiger partial charge in [-0.3, -0.25) is 13.9 Å². The van der Waals surface area contributed by atoms with Crippen LogP contribution in [-0.2, 0) is 23.4 Å². The van der Waals surface area contributed by atoms with Crippen molar-refractivity contribution in [1.82, 2.24) is 24.6 Å². The first kappa shape index (κ1) is 30.3. The van der Waals surface area contributed by atoms with E-state index in [2.05, 4.69) is 31.9 Å². The van der Waals surface area contributed by atoms with Gasteiger partial charge in [-0.05, 0) is 39.0 Å². The quantitative estimate of drug-likeness (QED) is 0.137. The number of aliphatic hydroxyl groups excluding tert-OH is 1. The van der Waals surface area contributed by atoms with Crippen LogP contribution in [0.15, 0.2) is 49.3 Å². The first-order valence-electron chi connectivity index (χ1n) is 12.7. The number of hydrogen-bond donors (Lipinski definition) is 4. The Kier molecular flexibility index (Phi) is 8.94. The highest BCUT2D eigenvalue weighted by molar-refractivity contribution is 7.52. The minimum atomic E-state index is -4.31. The van der Waals surface area contributed by atoms with E-state index in [4.69, 9.17) is 24.3 Å². The summed E-state index contributed by atoms with van der Waals surface area (Å²) in [6, 6.07) is 6.99. The fourth-order valence-corrected chi connectivity index (χ4v) is 5.69. The third-order valence-corrected chi connectivity index (χ3v) is 7.81. The fraction of sp³-hybridized carbons (Fsp3) is 0.440. The molecule has 1 fully saturated rings. The van der Waals surface area contributed by atoms with Crippen LogP contribution in [0.3, 0.4) is 0 Å². The molecule has 6 atom stereocenters. The third-order valence-electron chi connectivity index (χ3n) is 6.16. The molecule has 1 aliphatic heterocycles. The number of aliphatic hydroxyl groups is 1. The first-order chi connectivity index (χ1) is 19.4. The van der Waals surface area contributed by atoms with Crippen LogP contribution in [0.5, 0.6) is 5.75 Å². The molecular formula is C25H33FN7O7P. The van der Waals surface area contributed by atoms with Crippen LogP contribution in [0, 0.1) is 0 Å². The van der Waals surface area contributed by atoms with Crippen LogP contribution in [-0.4, -0.2) is 74.3 Å². The molecule has 41 heavy (non-hydrogen) atoms. The number of para-hydroxylation sites is 1. The van der Waals surface area contributed by atoms with Crippen LogP contribution in [0.2, 0.25) is 0 Å². The molecule has 5 N–H and O–H groups in total. The average Bonchev–Trinajstić information content (AvgIpc) is 3.45. The molecule has 0 bridgehead atoms. The van der Waals surface area contributed by atoms with Crippen molar-refractivity contribution in [1.29, 1.82) is 0 Å². The molecule has 0 saturated carbocycles. The summed E-state index contributed by atoms with van der Waals surface area (Å²) in [5.74, 6) is -0.309. The number of imidazole rings is 1. The minimum Gasteiger partial charge on any atom is -0.462 e. The van der Waals surface area contributed by atoms with E-state index in [1.165, 1.54) is 30.0 Å². The molecule has 222 valence electrons. The number of nitrogens with zero attached hydrogens (tertiary/aromatic N) is 4. The molecule has 0 radical (unpaired) electrons. The number of halogens is 1. The van der Waals surface area contributed by atoms with Crippen LogP contribution >= 0.6 is 7.75 Å². The SMILES string of the molecule is C=C[C@@]1(F)[C@H](O)[C@@H](COP(=O)(NC(C)C(=O)OC(C)C)Oc2ccccc2)O[C@H]1n1cnc2c(NC)nc(N)nc21. The highest BCUT2D eigenvalue weighted by Gasteiger charge is 2.57. The van der Waals surface area contributed by atoms with Crippen molar-refractivity contribution in [3.8, 4) is 5.75 Å². The number of ether oxygens (including phenoxy) is 2. The molecule has 3 aromatic rings. The van der Waals surface area contributed by atoms with Crippen LogP contribution < -0.4 is 20.7 Å². The molecule has 2 aromatic heterocycles. The topological polar surface area (TPSA) is 185 Å². The summed E-state index contributed by atoms with van der Waals surface area (Å²) in [4.78, 5) is 24.8. The smallest absolute Gasteiger partial charge is 0.459 e. The Morgan fingerprint density at radius 2 is 2.05 bits per heavy atom. The van der Waals surface area contributed by atoms with E-state index in [0.717, 1.165) is 6.08 Å². The molecule has 1 aliphatic rings. The number of benzene rings is 1. The van der Waals surface area contributed by atoms with Gasteiger partial charge in [0.25, 0.3) is 0 Å². The summed E-state index contributed by atoms with van der Waals surface area (Å²) in [6.07, 6.45) is -2.93. The number of carbonyl (C=O) groups excluding carboxylic acids is 1. The maximum Gasteiger partial charge on any atom is 0.459 e. The van der Waals surface area contributed by atoms with E-state index in [1.807, 2.05) is 0 Å². The van der Waals surface area contributed by atoms with E-state index in [0.29, 0.717) is 5.82 Å². The largest absolute Gasteiger partial charge is 0.462 e. The van der Waals surface area contributed by atoms with Crippen LogP contribution in [0.4, 0.5) is 16.2 Å². The normalized spacial score (nSPS) is 24.6. The lowest BCUT2D eigenvalue weighted by Crippen LogP contribution is -2.42. The summed E-state index contributed by atoms with van der Waals surface area (Å²) in [6.45, 7) is 7.69. The Morgan fingerprint density at radius 3 is 2.68 bits per heavy atom. The van der Waals surface area contributed by atoms with Gasteiger partial charge in [0.1, 0.15) is 24.0 Å². The van der Waals surface area contributed by atoms with E-state index >= 15 is 4.39 Å². The summed E-state index contributed by atoms with van der Waals surface area (Å²) in [5.41, 5.74) is 3.70. The van der Waals surface area contributed by atoms with Gasteiger partial charge in [-0.15, -0.1) is 0 Å². The number of nitrogen functional groups attached to an aromatic ring is 1. The molecule has 0 aliphatic carbocycles. The number of carbonyl (C=O) groups is 1. The van der Waals surface area contributed by atoms with E-state index in [1.54, 1.807) is 39.1 Å². The number of hydrogen-bond acceptors (Lipinski definition) is 12. The van der Waals surface area contributed by atoms with Gasteiger partial charge in [-0.25, -0.2) is 13.9 Å². The van der Waals surface area contributed by atoms with Crippen LogP contribution in [0.25, 0.3) is 11.2 Å². The summed E-state index contributed by atoms with van der Waals surface area (Å²) in [5, 5.41) is 16.4. The van der Waals surface area contributed by atoms with E-state index in [9.17, 15) is 14.5 Å². The van der Waals surface area contributed by atoms with Gasteiger partial charge in [0.15, 0.2) is 23.2 Å². The van der Waals surface area contributed by atoms with Gasteiger partial charge in [0.2, 0.25) is 11.6 Å². The van der Waals surface area contributed by atoms with Gasteiger partial charge in [-0.1, -0.05) is 24.8 Å². The summed E-state index contributed by atoms with van der Waals surface area (Å²) >= 11 is 0. The molecule has 1 aromatic carbocycles. The van der Waals surface area contributed by atoms with Crippen LogP contribution in [0.1, 0.15) is 27.0 Å². The second-order valence-corrected chi connectivity index (χ2v) is 11.2. The predicted octanol–water partition coefficient (Wildman–Crippen LogP) is 2.74. The molecule has 1 saturated heterocycles. The molecule has 14 nitrogen and oxygen atoms in total. The van der Waals surface area contributed by atoms with Gasteiger partial charge in [0.05, 0.1) is 19.0 Å². The first-order valence-corrected chi connectivity index (χ1v) is 14.3. The van der Waals surface area contributed by atoms with Crippen molar-refractivity contribution in [3.63, 3.8) is 0 Å². The van der Waals surface area contributed by atoms with Crippen molar-refractivity contribution < 1.29 is 37.4 Å². The number of esters is 1. The summed E-state index contributed by atoms with van der Waals surface area (Å²) < 4.78 is 53.6. The van der Waals surface area contributed by atoms with Crippen molar-refractivity contribution in [2.24, 2.45) is 0 Å². The summed E-state index contributed by atoms with van der Waals surface area (Å²) in [7, 11) is -2.70. The van der Waals surface area contributed by atoms with Crippen molar-refractivity contribution >= 4 is 36.6 Å². The third kappa shape index (κ3) is 6.34. The van der Waals surface area contributed by atoms with Crippen molar-refractivity contribution in [2.45, 2.75) is 57.0 Å². The zero-order valence-corrected chi connectivity index (χ0v) is 23.8. The zero-order chi connectivity index (χ0) is 29.9. The minimum absolute atomic E-state index is 0.0970. The van der Waals surface area contributed by atoms with Crippen molar-refractivity contribution in [2.75, 3.05) is 24.7 Å². The highest BCUT2D eigenvalue weighted by Crippen LogP contribution is 2.48. The maximum absolute atomic E-state index is 16.3. The lowest BCUT2D eigenvalue weighted by atomic mass is 9.96. The molecule has 3 heterocycles. The maximum atomic E-state index is 16.3. The molecule has 4 rings (SSSR count). The molecule has 2 unspecified atom stereocenters. The second-order valence-electron chi connectivity index (χ2n) is 9.54. The van der Waals surface area contributed by atoms with E-state index < -0.39 is 56.6 Å². The van der Waals surface area contributed by atoms with Gasteiger partial charge in [-0.2, -0.15) is 15.1 Å². The Balaban J connectivity index is 1.59. The average molecular weight is 594 g/mol. The lowest BCUT2D eigenvalue weighted by Gasteiger charge is -2.26. The number of nitrogens with two attached hydrogens (primary N) is 1. The number of aromatic nitrogens is 4. The monoisotopic (exact) mass is 593 g/mol.